The number of imide groups is 1. The number of nitrogens with two attached hydrogens (primary N) is 1. The summed E-state index contributed by atoms with van der Waals surface area (Å²) in [6, 6.07) is 5.48. The Bertz CT molecular complexity index is 523. The Morgan fingerprint density at radius 3 is 2.67 bits per heavy atom. The van der Waals surface area contributed by atoms with Crippen LogP contribution in [0.4, 0.5) is 11.4 Å². The van der Waals surface area contributed by atoms with Crippen LogP contribution in [0, 0.1) is 6.92 Å². The smallest absolute Gasteiger partial charge is 0.251 e. The second-order valence-electron chi connectivity index (χ2n) is 5.07. The first-order valence-electron chi connectivity index (χ1n) is 5.80. The third-order valence-electron chi connectivity index (χ3n) is 3.31. The largest absolute Gasteiger partial charge is 0.399 e. The molecule has 1 aromatic rings. The molecule has 0 bridgehead atoms. The average Bonchev–Trinajstić information content (AvgIpc) is 2.27. The zero-order valence-electron chi connectivity index (χ0n) is 10.8. The van der Waals surface area contributed by atoms with Gasteiger partial charge in [0.25, 0.3) is 5.91 Å². The van der Waals surface area contributed by atoms with Crippen LogP contribution in [-0.4, -0.2) is 23.9 Å². The van der Waals surface area contributed by atoms with Crippen molar-refractivity contribution in [2.24, 2.45) is 0 Å². The van der Waals surface area contributed by atoms with E-state index in [4.69, 9.17) is 5.73 Å². The van der Waals surface area contributed by atoms with E-state index in [2.05, 4.69) is 5.32 Å². The van der Waals surface area contributed by atoms with E-state index in [9.17, 15) is 9.59 Å². The number of amides is 2. The monoisotopic (exact) mass is 247 g/mol. The predicted molar refractivity (Wildman–Crippen MR) is 70.2 cm³/mol. The summed E-state index contributed by atoms with van der Waals surface area (Å²) >= 11 is 0. The van der Waals surface area contributed by atoms with Crippen LogP contribution >= 0.6 is 0 Å². The van der Waals surface area contributed by atoms with E-state index in [-0.39, 0.29) is 18.4 Å². The van der Waals surface area contributed by atoms with Crippen LogP contribution in [0.2, 0.25) is 0 Å². The molecule has 0 aliphatic carbocycles. The lowest BCUT2D eigenvalue weighted by Crippen LogP contribution is -2.64. The van der Waals surface area contributed by atoms with Gasteiger partial charge in [0.2, 0.25) is 5.91 Å². The molecule has 1 aromatic carbocycles. The molecule has 5 heteroatoms. The lowest BCUT2D eigenvalue weighted by molar-refractivity contribution is -0.135. The van der Waals surface area contributed by atoms with E-state index in [1.807, 2.05) is 13.0 Å². The van der Waals surface area contributed by atoms with Gasteiger partial charge in [-0.2, -0.15) is 0 Å². The fourth-order valence-corrected chi connectivity index (χ4v) is 2.09. The quantitative estimate of drug-likeness (QED) is 0.569. The van der Waals surface area contributed by atoms with Crippen molar-refractivity contribution in [1.29, 1.82) is 0 Å². The number of piperazine rings is 1. The number of hydrogen-bond acceptors (Lipinski definition) is 4. The van der Waals surface area contributed by atoms with Crippen LogP contribution in [0.3, 0.4) is 0 Å². The number of carbonyl (C=O) groups excluding carboxylic acids is 2. The zero-order chi connectivity index (χ0) is 13.5. The molecule has 18 heavy (non-hydrogen) atoms. The molecule has 0 spiro atoms. The molecule has 1 aliphatic rings. The topological polar surface area (TPSA) is 75.4 Å². The molecule has 2 amide bonds. The van der Waals surface area contributed by atoms with E-state index in [0.717, 1.165) is 11.3 Å². The van der Waals surface area contributed by atoms with Crippen LogP contribution in [0.1, 0.15) is 19.4 Å². The number of nitrogens with zero attached hydrogens (tertiary/aromatic N) is 1. The molecule has 1 saturated heterocycles. The van der Waals surface area contributed by atoms with E-state index in [1.54, 1.807) is 30.9 Å². The molecule has 3 N–H and O–H groups in total. The summed E-state index contributed by atoms with van der Waals surface area (Å²) in [6.45, 7) is 5.67. The molecule has 2 rings (SSSR count). The van der Waals surface area contributed by atoms with E-state index >= 15 is 0 Å². The molecule has 0 unspecified atom stereocenters. The molecule has 5 nitrogen and oxygen atoms in total. The van der Waals surface area contributed by atoms with Crippen molar-refractivity contribution < 1.29 is 9.59 Å². The summed E-state index contributed by atoms with van der Waals surface area (Å²) in [5, 5.41) is 2.35. The van der Waals surface area contributed by atoms with Gasteiger partial charge < -0.3 is 10.6 Å². The van der Waals surface area contributed by atoms with Gasteiger partial charge in [-0.15, -0.1) is 0 Å². The van der Waals surface area contributed by atoms with Crippen LogP contribution in [0.5, 0.6) is 0 Å². The Hall–Kier alpha value is -2.04. The van der Waals surface area contributed by atoms with Crippen LogP contribution in [-0.2, 0) is 9.59 Å². The highest BCUT2D eigenvalue weighted by Crippen LogP contribution is 2.30. The molecule has 1 fully saturated rings. The van der Waals surface area contributed by atoms with Crippen molar-refractivity contribution in [3.63, 3.8) is 0 Å². The molecule has 0 radical (unpaired) electrons. The summed E-state index contributed by atoms with van der Waals surface area (Å²) in [5.74, 6) is -0.582. The molecule has 0 aromatic heterocycles. The van der Waals surface area contributed by atoms with Gasteiger partial charge in [0, 0.05) is 11.4 Å². The highest BCUT2D eigenvalue weighted by Gasteiger charge is 2.41. The maximum atomic E-state index is 11.9. The maximum Gasteiger partial charge on any atom is 0.251 e. The molecular formula is C13H17N3O2. The highest BCUT2D eigenvalue weighted by molar-refractivity contribution is 6.06. The third kappa shape index (κ3) is 1.92. The number of aryl methyl sites for hydroxylation is 1. The first kappa shape index (κ1) is 12.4. The van der Waals surface area contributed by atoms with Crippen LogP contribution in [0.25, 0.3) is 0 Å². The number of rotatable bonds is 1. The Morgan fingerprint density at radius 2 is 2.00 bits per heavy atom. The number of carbonyl (C=O) groups is 2. The number of hydrogen-bond donors (Lipinski definition) is 2. The molecule has 96 valence electrons. The fourth-order valence-electron chi connectivity index (χ4n) is 2.09. The summed E-state index contributed by atoms with van der Waals surface area (Å²) in [4.78, 5) is 25.2. The lowest BCUT2D eigenvalue weighted by Gasteiger charge is -2.42. The second kappa shape index (κ2) is 4.01. The summed E-state index contributed by atoms with van der Waals surface area (Å²) in [5.41, 5.74) is 7.43. The number of anilines is 2. The number of nitrogen functional groups attached to an aromatic ring is 1. The SMILES string of the molecule is Cc1ccc(N)cc1N1CC(=O)NC(=O)C1(C)C. The standard InChI is InChI=1S/C13H17N3O2/c1-8-4-5-9(14)6-10(8)16-7-11(17)15-12(18)13(16,2)3/h4-6H,7,14H2,1-3H3,(H,15,17,18). The van der Waals surface area contributed by atoms with Crippen LogP contribution < -0.4 is 16.0 Å². The normalized spacial score (nSPS) is 18.7. The van der Waals surface area contributed by atoms with Gasteiger partial charge >= 0.3 is 0 Å². The predicted octanol–water partition coefficient (Wildman–Crippen LogP) is 0.819. The van der Waals surface area contributed by atoms with Gasteiger partial charge in [0.05, 0.1) is 6.54 Å². The zero-order valence-corrected chi connectivity index (χ0v) is 10.8. The minimum absolute atomic E-state index is 0.156. The minimum atomic E-state index is -0.771. The van der Waals surface area contributed by atoms with E-state index < -0.39 is 5.54 Å². The second-order valence-corrected chi connectivity index (χ2v) is 5.07. The number of nitrogens with one attached hydrogen (secondary N) is 1. The Labute approximate surface area is 106 Å². The van der Waals surface area contributed by atoms with Gasteiger partial charge in [-0.3, -0.25) is 14.9 Å². The van der Waals surface area contributed by atoms with Gasteiger partial charge in [-0.25, -0.2) is 0 Å². The summed E-state index contributed by atoms with van der Waals surface area (Å²) < 4.78 is 0. The van der Waals surface area contributed by atoms with Crippen molar-refractivity contribution in [3.05, 3.63) is 23.8 Å². The first-order valence-corrected chi connectivity index (χ1v) is 5.80. The summed E-state index contributed by atoms with van der Waals surface area (Å²) in [6.07, 6.45) is 0. The summed E-state index contributed by atoms with van der Waals surface area (Å²) in [7, 11) is 0. The van der Waals surface area contributed by atoms with Crippen LogP contribution in [0.15, 0.2) is 18.2 Å². The van der Waals surface area contributed by atoms with Gasteiger partial charge in [0.15, 0.2) is 0 Å². The number of benzene rings is 1. The molecule has 1 aliphatic heterocycles. The van der Waals surface area contributed by atoms with E-state index in [0.29, 0.717) is 5.69 Å². The van der Waals surface area contributed by atoms with Crippen molar-refractivity contribution in [3.8, 4) is 0 Å². The average molecular weight is 247 g/mol. The first-order chi connectivity index (χ1) is 8.32. The molecule has 1 heterocycles. The lowest BCUT2D eigenvalue weighted by atomic mass is 9.96. The van der Waals surface area contributed by atoms with Crippen molar-refractivity contribution >= 4 is 23.2 Å². The van der Waals surface area contributed by atoms with Gasteiger partial charge in [-0.05, 0) is 38.5 Å². The molecule has 0 atom stereocenters. The third-order valence-corrected chi connectivity index (χ3v) is 3.31. The van der Waals surface area contributed by atoms with Crippen molar-refractivity contribution in [2.75, 3.05) is 17.2 Å². The fraction of sp³-hybridized carbons (Fsp3) is 0.385. The van der Waals surface area contributed by atoms with Gasteiger partial charge in [-0.1, -0.05) is 6.07 Å². The van der Waals surface area contributed by atoms with Crippen molar-refractivity contribution in [2.45, 2.75) is 26.3 Å². The molecular weight excluding hydrogens is 230 g/mol. The Kier molecular flexibility index (Phi) is 2.77. The van der Waals surface area contributed by atoms with Gasteiger partial charge in [0.1, 0.15) is 5.54 Å². The Balaban J connectivity index is 2.50. The maximum absolute atomic E-state index is 11.9. The minimum Gasteiger partial charge on any atom is -0.399 e. The highest BCUT2D eigenvalue weighted by atomic mass is 16.2. The molecule has 0 saturated carbocycles. The Morgan fingerprint density at radius 1 is 1.33 bits per heavy atom. The van der Waals surface area contributed by atoms with E-state index in [1.165, 1.54) is 0 Å². The van der Waals surface area contributed by atoms with Crippen molar-refractivity contribution in [1.82, 2.24) is 5.32 Å².